The van der Waals surface area contributed by atoms with E-state index in [0.717, 1.165) is 43.3 Å². The van der Waals surface area contributed by atoms with Gasteiger partial charge in [0.2, 0.25) is 5.91 Å². The Hall–Kier alpha value is -1.65. The van der Waals surface area contributed by atoms with Gasteiger partial charge in [-0.2, -0.15) is 0 Å². The van der Waals surface area contributed by atoms with E-state index in [4.69, 9.17) is 0 Å². The van der Waals surface area contributed by atoms with Gasteiger partial charge in [-0.3, -0.25) is 4.79 Å². The minimum atomic E-state index is 0.131. The van der Waals surface area contributed by atoms with Crippen molar-refractivity contribution < 1.29 is 4.79 Å². The summed E-state index contributed by atoms with van der Waals surface area (Å²) >= 11 is 0. The number of nitrogens with one attached hydrogen (secondary N) is 1. The SMILES string of the molecule is CCNc1cc(C)nc(CN2CCCC(C)C2=O)n1. The van der Waals surface area contributed by atoms with Crippen molar-refractivity contribution in [2.45, 2.75) is 40.2 Å². The fourth-order valence-electron chi connectivity index (χ4n) is 2.43. The van der Waals surface area contributed by atoms with Crippen LogP contribution in [0.15, 0.2) is 6.07 Å². The van der Waals surface area contributed by atoms with E-state index in [0.29, 0.717) is 6.54 Å². The molecule has 1 fully saturated rings. The molecule has 5 nitrogen and oxygen atoms in total. The van der Waals surface area contributed by atoms with E-state index < -0.39 is 0 Å². The van der Waals surface area contributed by atoms with Crippen molar-refractivity contribution in [3.8, 4) is 0 Å². The van der Waals surface area contributed by atoms with Crippen molar-refractivity contribution in [1.29, 1.82) is 0 Å². The van der Waals surface area contributed by atoms with Crippen LogP contribution >= 0.6 is 0 Å². The Morgan fingerprint density at radius 2 is 2.26 bits per heavy atom. The van der Waals surface area contributed by atoms with Crippen LogP contribution in [-0.4, -0.2) is 33.9 Å². The maximum Gasteiger partial charge on any atom is 0.225 e. The second-order valence-corrected chi connectivity index (χ2v) is 5.14. The standard InChI is InChI=1S/C14H22N4O/c1-4-15-12-8-11(3)16-13(17-12)9-18-7-5-6-10(2)14(18)19/h8,10H,4-7,9H2,1-3H3,(H,15,16,17). The van der Waals surface area contributed by atoms with Crippen LogP contribution in [0.2, 0.25) is 0 Å². The molecule has 1 aliphatic rings. The molecule has 5 heteroatoms. The first-order chi connectivity index (χ1) is 9.10. The number of aryl methyl sites for hydroxylation is 1. The lowest BCUT2D eigenvalue weighted by Crippen LogP contribution is -2.40. The zero-order chi connectivity index (χ0) is 13.8. The Morgan fingerprint density at radius 3 is 3.00 bits per heavy atom. The van der Waals surface area contributed by atoms with Crippen molar-refractivity contribution in [2.24, 2.45) is 5.92 Å². The molecule has 0 aromatic carbocycles. The third kappa shape index (κ3) is 3.43. The fraction of sp³-hybridized carbons (Fsp3) is 0.643. The van der Waals surface area contributed by atoms with Crippen molar-refractivity contribution in [1.82, 2.24) is 14.9 Å². The first kappa shape index (κ1) is 13.8. The molecule has 1 aromatic rings. The first-order valence-corrected chi connectivity index (χ1v) is 6.97. The number of hydrogen-bond acceptors (Lipinski definition) is 4. The van der Waals surface area contributed by atoms with Gasteiger partial charge in [0.15, 0.2) is 0 Å². The summed E-state index contributed by atoms with van der Waals surface area (Å²) in [6, 6.07) is 1.92. The Balaban J connectivity index is 2.11. The quantitative estimate of drug-likeness (QED) is 0.901. The van der Waals surface area contributed by atoms with Gasteiger partial charge in [-0.25, -0.2) is 9.97 Å². The van der Waals surface area contributed by atoms with Gasteiger partial charge >= 0.3 is 0 Å². The smallest absolute Gasteiger partial charge is 0.225 e. The van der Waals surface area contributed by atoms with Crippen LogP contribution in [-0.2, 0) is 11.3 Å². The van der Waals surface area contributed by atoms with Crippen LogP contribution in [0.4, 0.5) is 5.82 Å². The van der Waals surface area contributed by atoms with E-state index in [1.807, 2.05) is 31.7 Å². The third-order valence-corrected chi connectivity index (χ3v) is 3.39. The summed E-state index contributed by atoms with van der Waals surface area (Å²) < 4.78 is 0. The Kier molecular flexibility index (Phi) is 4.35. The number of piperidine rings is 1. The van der Waals surface area contributed by atoms with Gasteiger partial charge < -0.3 is 10.2 Å². The maximum atomic E-state index is 12.1. The molecule has 1 aliphatic heterocycles. The van der Waals surface area contributed by atoms with Gasteiger partial charge in [0.1, 0.15) is 11.6 Å². The number of carbonyl (C=O) groups excluding carboxylic acids is 1. The van der Waals surface area contributed by atoms with Crippen LogP contribution in [0.3, 0.4) is 0 Å². The van der Waals surface area contributed by atoms with Gasteiger partial charge in [0.25, 0.3) is 0 Å². The molecule has 1 N–H and O–H groups in total. The third-order valence-electron chi connectivity index (χ3n) is 3.39. The molecule has 2 heterocycles. The lowest BCUT2D eigenvalue weighted by atomic mass is 9.99. The molecule has 0 saturated carbocycles. The number of amides is 1. The topological polar surface area (TPSA) is 58.1 Å². The number of anilines is 1. The number of nitrogens with zero attached hydrogens (tertiary/aromatic N) is 3. The zero-order valence-electron chi connectivity index (χ0n) is 11.9. The molecule has 2 rings (SSSR count). The molecule has 0 spiro atoms. The summed E-state index contributed by atoms with van der Waals surface area (Å²) in [6.45, 7) is 8.14. The van der Waals surface area contributed by atoms with E-state index in [1.54, 1.807) is 0 Å². The van der Waals surface area contributed by atoms with E-state index in [2.05, 4.69) is 15.3 Å². The molecule has 1 atom stereocenters. The molecule has 1 amide bonds. The number of hydrogen-bond donors (Lipinski definition) is 1. The van der Waals surface area contributed by atoms with Gasteiger partial charge in [-0.05, 0) is 26.7 Å². The van der Waals surface area contributed by atoms with Gasteiger partial charge in [-0.1, -0.05) is 6.92 Å². The van der Waals surface area contributed by atoms with Crippen LogP contribution in [0.5, 0.6) is 0 Å². The summed E-state index contributed by atoms with van der Waals surface area (Å²) in [7, 11) is 0. The molecule has 1 aromatic heterocycles. The monoisotopic (exact) mass is 262 g/mol. The lowest BCUT2D eigenvalue weighted by Gasteiger charge is -2.30. The van der Waals surface area contributed by atoms with E-state index in [-0.39, 0.29) is 11.8 Å². The van der Waals surface area contributed by atoms with Crippen molar-refractivity contribution in [2.75, 3.05) is 18.4 Å². The number of carbonyl (C=O) groups is 1. The zero-order valence-corrected chi connectivity index (χ0v) is 11.9. The van der Waals surface area contributed by atoms with Gasteiger partial charge in [0, 0.05) is 30.8 Å². The number of aromatic nitrogens is 2. The summed E-state index contributed by atoms with van der Waals surface area (Å²) in [6.07, 6.45) is 2.06. The first-order valence-electron chi connectivity index (χ1n) is 6.97. The second kappa shape index (κ2) is 5.99. The highest BCUT2D eigenvalue weighted by Crippen LogP contribution is 2.19. The lowest BCUT2D eigenvalue weighted by molar-refractivity contribution is -0.138. The van der Waals surface area contributed by atoms with Crippen molar-refractivity contribution in [3.05, 3.63) is 17.6 Å². The minimum absolute atomic E-state index is 0.131. The Bertz CT molecular complexity index is 461. The summed E-state index contributed by atoms with van der Waals surface area (Å²) in [5.74, 6) is 1.91. The van der Waals surface area contributed by atoms with Gasteiger partial charge in [0.05, 0.1) is 6.54 Å². The van der Waals surface area contributed by atoms with Crippen molar-refractivity contribution in [3.63, 3.8) is 0 Å². The van der Waals surface area contributed by atoms with E-state index in [1.165, 1.54) is 0 Å². The molecule has 0 radical (unpaired) electrons. The van der Waals surface area contributed by atoms with Crippen LogP contribution in [0.25, 0.3) is 0 Å². The highest BCUT2D eigenvalue weighted by atomic mass is 16.2. The largest absolute Gasteiger partial charge is 0.370 e. The molecular formula is C14H22N4O. The number of rotatable bonds is 4. The normalized spacial score (nSPS) is 19.6. The van der Waals surface area contributed by atoms with Crippen LogP contribution < -0.4 is 5.32 Å². The molecule has 1 saturated heterocycles. The molecule has 1 unspecified atom stereocenters. The average Bonchev–Trinajstić information content (AvgIpc) is 2.35. The van der Waals surface area contributed by atoms with E-state index >= 15 is 0 Å². The summed E-state index contributed by atoms with van der Waals surface area (Å²) in [5, 5.41) is 3.19. The van der Waals surface area contributed by atoms with Gasteiger partial charge in [-0.15, -0.1) is 0 Å². The maximum absolute atomic E-state index is 12.1. The predicted molar refractivity (Wildman–Crippen MR) is 74.7 cm³/mol. The van der Waals surface area contributed by atoms with Crippen molar-refractivity contribution >= 4 is 11.7 Å². The number of likely N-dealkylation sites (tertiary alicyclic amines) is 1. The molecule has 0 aliphatic carbocycles. The average molecular weight is 262 g/mol. The Labute approximate surface area is 114 Å². The molecule has 104 valence electrons. The van der Waals surface area contributed by atoms with E-state index in [9.17, 15) is 4.79 Å². The fourth-order valence-corrected chi connectivity index (χ4v) is 2.43. The summed E-state index contributed by atoms with van der Waals surface area (Å²) in [4.78, 5) is 22.8. The molecular weight excluding hydrogens is 240 g/mol. The Morgan fingerprint density at radius 1 is 1.47 bits per heavy atom. The second-order valence-electron chi connectivity index (χ2n) is 5.14. The predicted octanol–water partition coefficient (Wildman–Crippen LogP) is 1.98. The minimum Gasteiger partial charge on any atom is -0.370 e. The highest BCUT2D eigenvalue weighted by molar-refractivity contribution is 5.79. The molecule has 19 heavy (non-hydrogen) atoms. The molecule has 0 bridgehead atoms. The van der Waals surface area contributed by atoms with Crippen LogP contribution in [0, 0.1) is 12.8 Å². The highest BCUT2D eigenvalue weighted by Gasteiger charge is 2.25. The van der Waals surface area contributed by atoms with Crippen LogP contribution in [0.1, 0.15) is 38.2 Å². The summed E-state index contributed by atoms with van der Waals surface area (Å²) in [5.41, 5.74) is 0.929.